The number of azide groups is 1. The van der Waals surface area contributed by atoms with Crippen LogP contribution in [-0.2, 0) is 28.8 Å². The van der Waals surface area contributed by atoms with Crippen molar-refractivity contribution in [3.05, 3.63) is 10.4 Å². The highest BCUT2D eigenvalue weighted by molar-refractivity contribution is 5.95. The Kier molecular flexibility index (Phi) is 15.3. The molecular formula is C26H41N9O6. The molecule has 41 heavy (non-hydrogen) atoms. The molecule has 0 unspecified atom stereocenters. The van der Waals surface area contributed by atoms with E-state index in [1.807, 2.05) is 0 Å². The SMILES string of the molecule is C#CCNC(=O)[C@@H]1CCCN1C(=O)[C@@H](NC(=O)CNC(=O)[C@@H](NC(=O)CNC(=O)CCCN=[N+]=[N-])C(C)C)C(C)C. The number of nitrogens with one attached hydrogen (secondary N) is 5. The molecular weight excluding hydrogens is 534 g/mol. The van der Waals surface area contributed by atoms with Crippen LogP contribution >= 0.6 is 0 Å². The van der Waals surface area contributed by atoms with Crippen molar-refractivity contribution in [1.82, 2.24) is 31.5 Å². The van der Waals surface area contributed by atoms with Gasteiger partial charge in [-0.3, -0.25) is 28.8 Å². The minimum absolute atomic E-state index is 0.0496. The second kappa shape index (κ2) is 18.1. The van der Waals surface area contributed by atoms with Crippen LogP contribution in [0.25, 0.3) is 10.4 Å². The van der Waals surface area contributed by atoms with E-state index in [1.54, 1.807) is 27.7 Å². The van der Waals surface area contributed by atoms with Crippen LogP contribution in [0.2, 0.25) is 0 Å². The number of hydrogen-bond donors (Lipinski definition) is 5. The fourth-order valence-corrected chi connectivity index (χ4v) is 4.13. The molecule has 226 valence electrons. The summed E-state index contributed by atoms with van der Waals surface area (Å²) in [6.07, 6.45) is 6.73. The summed E-state index contributed by atoms with van der Waals surface area (Å²) < 4.78 is 0. The number of carbonyl (C=O) groups is 6. The lowest BCUT2D eigenvalue weighted by Crippen LogP contribution is -2.57. The summed E-state index contributed by atoms with van der Waals surface area (Å²) in [6, 6.07) is -2.57. The maximum absolute atomic E-state index is 13.3. The maximum atomic E-state index is 13.3. The summed E-state index contributed by atoms with van der Waals surface area (Å²) in [6.45, 7) is 6.72. The van der Waals surface area contributed by atoms with E-state index < -0.39 is 54.2 Å². The molecule has 1 saturated heterocycles. The Labute approximate surface area is 239 Å². The number of terminal acetylenes is 1. The highest BCUT2D eigenvalue weighted by Crippen LogP contribution is 2.20. The first-order valence-corrected chi connectivity index (χ1v) is 13.6. The van der Waals surface area contributed by atoms with Crippen molar-refractivity contribution in [3.63, 3.8) is 0 Å². The average Bonchev–Trinajstić information content (AvgIpc) is 3.42. The largest absolute Gasteiger partial charge is 0.347 e. The molecule has 0 saturated carbocycles. The second-order valence-electron chi connectivity index (χ2n) is 10.2. The topological polar surface area (TPSA) is 215 Å². The highest BCUT2D eigenvalue weighted by Gasteiger charge is 2.38. The Morgan fingerprint density at radius 3 is 2.15 bits per heavy atom. The molecule has 3 atom stereocenters. The first-order valence-electron chi connectivity index (χ1n) is 13.6. The average molecular weight is 576 g/mol. The zero-order valence-electron chi connectivity index (χ0n) is 24.1. The van der Waals surface area contributed by atoms with Gasteiger partial charge in [0.15, 0.2) is 0 Å². The fourth-order valence-electron chi connectivity index (χ4n) is 4.13. The number of hydrogen-bond acceptors (Lipinski definition) is 7. The van der Waals surface area contributed by atoms with E-state index in [4.69, 9.17) is 12.0 Å². The number of nitrogens with zero attached hydrogens (tertiary/aromatic N) is 4. The van der Waals surface area contributed by atoms with Crippen LogP contribution in [0.1, 0.15) is 53.4 Å². The van der Waals surface area contributed by atoms with Crippen LogP contribution in [0.15, 0.2) is 5.11 Å². The standard InChI is InChI=1S/C26H41N9O6/c1-6-11-28-24(39)18-9-8-13-35(18)26(41)23(17(4)5)33-21(38)15-30-25(40)22(16(2)3)32-20(37)14-29-19(36)10-7-12-31-34-27/h1,16-18,22-23H,7-15H2,2-5H3,(H,28,39)(H,29,36)(H,30,40)(H,32,37)(H,33,38)/t18-,22-,23-/m0/s1. The Morgan fingerprint density at radius 2 is 1.56 bits per heavy atom. The molecule has 1 aliphatic heterocycles. The molecule has 0 aromatic rings. The first kappa shape index (κ1) is 34.7. The van der Waals surface area contributed by atoms with Crippen molar-refractivity contribution in [2.24, 2.45) is 17.0 Å². The van der Waals surface area contributed by atoms with Gasteiger partial charge >= 0.3 is 0 Å². The molecule has 1 heterocycles. The van der Waals surface area contributed by atoms with Crippen LogP contribution in [0.3, 0.4) is 0 Å². The van der Waals surface area contributed by atoms with Gasteiger partial charge in [-0.15, -0.1) is 6.42 Å². The van der Waals surface area contributed by atoms with Gasteiger partial charge in [0, 0.05) is 24.4 Å². The lowest BCUT2D eigenvalue weighted by Gasteiger charge is -2.30. The predicted octanol–water partition coefficient (Wildman–Crippen LogP) is -0.669. The third-order valence-electron chi connectivity index (χ3n) is 6.31. The van der Waals surface area contributed by atoms with Crippen LogP contribution in [0.4, 0.5) is 0 Å². The van der Waals surface area contributed by atoms with Crippen molar-refractivity contribution in [2.75, 3.05) is 32.7 Å². The van der Waals surface area contributed by atoms with E-state index in [9.17, 15) is 28.8 Å². The van der Waals surface area contributed by atoms with Gasteiger partial charge in [-0.2, -0.15) is 0 Å². The van der Waals surface area contributed by atoms with E-state index >= 15 is 0 Å². The zero-order chi connectivity index (χ0) is 30.9. The number of rotatable bonds is 16. The molecule has 0 radical (unpaired) electrons. The maximum Gasteiger partial charge on any atom is 0.246 e. The van der Waals surface area contributed by atoms with Crippen molar-refractivity contribution >= 4 is 35.4 Å². The van der Waals surface area contributed by atoms with Crippen LogP contribution in [0.5, 0.6) is 0 Å². The summed E-state index contributed by atoms with van der Waals surface area (Å²) in [5.74, 6) is -1.27. The van der Waals surface area contributed by atoms with Gasteiger partial charge in [0.2, 0.25) is 35.4 Å². The van der Waals surface area contributed by atoms with Crippen molar-refractivity contribution in [2.45, 2.75) is 71.5 Å². The van der Waals surface area contributed by atoms with E-state index in [0.29, 0.717) is 25.8 Å². The number of likely N-dealkylation sites (tertiary alicyclic amines) is 1. The second-order valence-corrected chi connectivity index (χ2v) is 10.2. The Bertz CT molecular complexity index is 1050. The molecule has 1 aliphatic rings. The Morgan fingerprint density at radius 1 is 0.951 bits per heavy atom. The lowest BCUT2D eigenvalue weighted by atomic mass is 10.0. The van der Waals surface area contributed by atoms with Gasteiger partial charge in [-0.25, -0.2) is 0 Å². The summed E-state index contributed by atoms with van der Waals surface area (Å²) >= 11 is 0. The van der Waals surface area contributed by atoms with E-state index in [0.717, 1.165) is 0 Å². The monoisotopic (exact) mass is 575 g/mol. The molecule has 0 aromatic carbocycles. The molecule has 0 aromatic heterocycles. The zero-order valence-corrected chi connectivity index (χ0v) is 24.1. The third-order valence-corrected chi connectivity index (χ3v) is 6.31. The summed E-state index contributed by atoms with van der Waals surface area (Å²) in [7, 11) is 0. The molecule has 0 aliphatic carbocycles. The molecule has 1 fully saturated rings. The van der Waals surface area contributed by atoms with Gasteiger partial charge < -0.3 is 31.5 Å². The minimum Gasteiger partial charge on any atom is -0.347 e. The minimum atomic E-state index is -0.980. The Hall–Kier alpha value is -4.31. The lowest BCUT2D eigenvalue weighted by molar-refractivity contribution is -0.142. The van der Waals surface area contributed by atoms with E-state index in [-0.39, 0.29) is 43.8 Å². The highest BCUT2D eigenvalue weighted by atomic mass is 16.2. The fraction of sp³-hybridized carbons (Fsp3) is 0.692. The first-order chi connectivity index (χ1) is 19.4. The van der Waals surface area contributed by atoms with Crippen LogP contribution in [-0.4, -0.2) is 91.2 Å². The van der Waals surface area contributed by atoms with Crippen LogP contribution in [0, 0.1) is 24.2 Å². The van der Waals surface area contributed by atoms with Gasteiger partial charge in [0.1, 0.15) is 18.1 Å². The Balaban J connectivity index is 2.65. The summed E-state index contributed by atoms with van der Waals surface area (Å²) in [5.41, 5.74) is 8.24. The molecule has 15 heteroatoms. The molecule has 15 nitrogen and oxygen atoms in total. The molecule has 5 N–H and O–H groups in total. The predicted molar refractivity (Wildman–Crippen MR) is 149 cm³/mol. The van der Waals surface area contributed by atoms with Crippen LogP contribution < -0.4 is 26.6 Å². The third kappa shape index (κ3) is 12.2. The van der Waals surface area contributed by atoms with Gasteiger partial charge in [-0.05, 0) is 36.6 Å². The summed E-state index contributed by atoms with van der Waals surface area (Å²) in [5, 5.41) is 16.0. The van der Waals surface area contributed by atoms with Crippen molar-refractivity contribution < 1.29 is 28.8 Å². The normalized spacial score (nSPS) is 15.6. The quantitative estimate of drug-likeness (QED) is 0.0528. The van der Waals surface area contributed by atoms with Crippen molar-refractivity contribution in [1.29, 1.82) is 0 Å². The number of amides is 6. The molecule has 1 rings (SSSR count). The van der Waals surface area contributed by atoms with Gasteiger partial charge in [0.25, 0.3) is 0 Å². The van der Waals surface area contributed by atoms with E-state index in [2.05, 4.69) is 42.5 Å². The van der Waals surface area contributed by atoms with Gasteiger partial charge in [-0.1, -0.05) is 38.7 Å². The van der Waals surface area contributed by atoms with Gasteiger partial charge in [0.05, 0.1) is 19.6 Å². The molecule has 6 amide bonds. The smallest absolute Gasteiger partial charge is 0.246 e. The van der Waals surface area contributed by atoms with E-state index in [1.165, 1.54) is 4.90 Å². The molecule has 0 bridgehead atoms. The van der Waals surface area contributed by atoms with Crippen molar-refractivity contribution in [3.8, 4) is 12.3 Å². The molecule has 0 spiro atoms. The summed E-state index contributed by atoms with van der Waals surface area (Å²) in [4.78, 5) is 79.3. The number of carbonyl (C=O) groups excluding carboxylic acids is 6.